The molecule has 4 nitrogen and oxygen atoms in total. The number of halogens is 3. The Hall–Kier alpha value is -1.28. The maximum absolute atomic E-state index is 13.5. The largest absolute Gasteiger partial charge is 0.418 e. The highest BCUT2D eigenvalue weighted by molar-refractivity contribution is 7.90. The van der Waals surface area contributed by atoms with Crippen LogP contribution in [0, 0.1) is 11.8 Å². The van der Waals surface area contributed by atoms with Gasteiger partial charge in [-0.15, -0.1) is 0 Å². The Kier molecular flexibility index (Phi) is 6.83. The van der Waals surface area contributed by atoms with E-state index in [1.54, 1.807) is 4.90 Å². The standard InChI is InChI=1S/C21H31F3N2O2S/c1-3-16-6-10-25(11-7-16)15-17-8-12-26(13-9-17)20-14-18(29(2,27)28)4-5-19(20)21(22,23)24/h4-5,14,16-17H,3,6-13,15H2,1-2H3. The van der Waals surface area contributed by atoms with E-state index in [2.05, 4.69) is 11.8 Å². The summed E-state index contributed by atoms with van der Waals surface area (Å²) >= 11 is 0. The lowest BCUT2D eigenvalue weighted by Gasteiger charge is -2.39. The minimum absolute atomic E-state index is 0.0114. The van der Waals surface area contributed by atoms with E-state index in [1.165, 1.54) is 25.3 Å². The highest BCUT2D eigenvalue weighted by atomic mass is 32.2. The molecule has 0 aliphatic carbocycles. The minimum Gasteiger partial charge on any atom is -0.371 e. The van der Waals surface area contributed by atoms with Crippen molar-refractivity contribution < 1.29 is 21.6 Å². The Morgan fingerprint density at radius 1 is 1.00 bits per heavy atom. The van der Waals surface area contributed by atoms with Crippen molar-refractivity contribution in [3.8, 4) is 0 Å². The van der Waals surface area contributed by atoms with Crippen LogP contribution in [0.15, 0.2) is 23.1 Å². The van der Waals surface area contributed by atoms with Crippen LogP contribution in [-0.2, 0) is 16.0 Å². The first kappa shape index (κ1) is 22.4. The van der Waals surface area contributed by atoms with Gasteiger partial charge in [-0.1, -0.05) is 13.3 Å². The summed E-state index contributed by atoms with van der Waals surface area (Å²) in [6.07, 6.45) is 1.88. The summed E-state index contributed by atoms with van der Waals surface area (Å²) < 4.78 is 64.2. The zero-order valence-corrected chi connectivity index (χ0v) is 18.0. The highest BCUT2D eigenvalue weighted by Gasteiger charge is 2.36. The van der Waals surface area contributed by atoms with Gasteiger partial charge >= 0.3 is 6.18 Å². The van der Waals surface area contributed by atoms with Gasteiger partial charge in [0.2, 0.25) is 0 Å². The average molecular weight is 433 g/mol. The molecule has 2 saturated heterocycles. The quantitative estimate of drug-likeness (QED) is 0.689. The van der Waals surface area contributed by atoms with Crippen LogP contribution < -0.4 is 4.90 Å². The van der Waals surface area contributed by atoms with Crippen LogP contribution in [0.25, 0.3) is 0 Å². The van der Waals surface area contributed by atoms with Crippen LogP contribution >= 0.6 is 0 Å². The molecule has 1 aromatic rings. The number of alkyl halides is 3. The molecule has 0 aromatic heterocycles. The molecule has 0 amide bonds. The van der Waals surface area contributed by atoms with Gasteiger partial charge in [0.25, 0.3) is 0 Å². The summed E-state index contributed by atoms with van der Waals surface area (Å²) in [4.78, 5) is 4.14. The van der Waals surface area contributed by atoms with Crippen molar-refractivity contribution in [2.45, 2.75) is 50.1 Å². The Morgan fingerprint density at radius 2 is 1.59 bits per heavy atom. The Labute approximate surface area is 172 Å². The molecule has 2 heterocycles. The maximum atomic E-state index is 13.5. The summed E-state index contributed by atoms with van der Waals surface area (Å²) in [5.74, 6) is 1.31. The molecule has 0 bridgehead atoms. The van der Waals surface area contributed by atoms with Crippen molar-refractivity contribution in [1.29, 1.82) is 0 Å². The van der Waals surface area contributed by atoms with Gasteiger partial charge in [0.05, 0.1) is 16.1 Å². The summed E-state index contributed by atoms with van der Waals surface area (Å²) in [6, 6.07) is 3.14. The molecular formula is C21H31F3N2O2S. The van der Waals surface area contributed by atoms with Crippen LogP contribution in [0.1, 0.15) is 44.6 Å². The van der Waals surface area contributed by atoms with Gasteiger partial charge in [-0.3, -0.25) is 0 Å². The van der Waals surface area contributed by atoms with E-state index in [0.717, 1.165) is 56.8 Å². The van der Waals surface area contributed by atoms with Crippen LogP contribution in [0.5, 0.6) is 0 Å². The Bertz CT molecular complexity index is 795. The molecule has 1 aromatic carbocycles. The fourth-order valence-corrected chi connectivity index (χ4v) is 5.18. The summed E-state index contributed by atoms with van der Waals surface area (Å²) in [6.45, 7) is 6.53. The fraction of sp³-hybridized carbons (Fsp3) is 0.714. The molecule has 0 unspecified atom stereocenters. The molecule has 0 N–H and O–H groups in total. The summed E-state index contributed by atoms with van der Waals surface area (Å²) in [5, 5.41) is 0. The minimum atomic E-state index is -4.51. The molecule has 2 aliphatic rings. The van der Waals surface area contributed by atoms with Crippen LogP contribution in [0.2, 0.25) is 0 Å². The molecule has 0 atom stereocenters. The van der Waals surface area contributed by atoms with Gasteiger partial charge in [-0.05, 0) is 68.8 Å². The molecule has 2 fully saturated rings. The molecule has 8 heteroatoms. The molecule has 3 rings (SSSR count). The number of nitrogens with zero attached hydrogens (tertiary/aromatic N) is 2. The van der Waals surface area contributed by atoms with Crippen LogP contribution in [-0.4, -0.2) is 52.3 Å². The number of likely N-dealkylation sites (tertiary alicyclic amines) is 1. The predicted molar refractivity (Wildman–Crippen MR) is 109 cm³/mol. The van der Waals surface area contributed by atoms with E-state index in [1.807, 2.05) is 0 Å². The van der Waals surface area contributed by atoms with Gasteiger partial charge in [-0.25, -0.2) is 8.42 Å². The van der Waals surface area contributed by atoms with Crippen molar-refractivity contribution in [1.82, 2.24) is 4.90 Å². The SMILES string of the molecule is CCC1CCN(CC2CCN(c3cc(S(C)(=O)=O)ccc3C(F)(F)F)CC2)CC1. The third kappa shape index (κ3) is 5.66. The van der Waals surface area contributed by atoms with Gasteiger partial charge in [0, 0.05) is 25.9 Å². The molecule has 29 heavy (non-hydrogen) atoms. The van der Waals surface area contributed by atoms with E-state index in [0.29, 0.717) is 19.0 Å². The molecule has 164 valence electrons. The second-order valence-corrected chi connectivity index (χ2v) is 10.5. The van der Waals surface area contributed by atoms with Gasteiger partial charge in [0.15, 0.2) is 9.84 Å². The number of sulfone groups is 1. The number of anilines is 1. The molecule has 0 radical (unpaired) electrons. The lowest BCUT2D eigenvalue weighted by Crippen LogP contribution is -2.42. The highest BCUT2D eigenvalue weighted by Crippen LogP contribution is 2.39. The molecule has 0 saturated carbocycles. The number of hydrogen-bond donors (Lipinski definition) is 0. The van der Waals surface area contributed by atoms with Crippen LogP contribution in [0.3, 0.4) is 0 Å². The smallest absolute Gasteiger partial charge is 0.371 e. The van der Waals surface area contributed by atoms with Crippen molar-refractivity contribution in [3.05, 3.63) is 23.8 Å². The average Bonchev–Trinajstić information content (AvgIpc) is 2.67. The predicted octanol–water partition coefficient (Wildman–Crippen LogP) is 4.45. The zero-order valence-electron chi connectivity index (χ0n) is 17.2. The maximum Gasteiger partial charge on any atom is 0.418 e. The Morgan fingerprint density at radius 3 is 2.10 bits per heavy atom. The van der Waals surface area contributed by atoms with E-state index < -0.39 is 21.6 Å². The van der Waals surface area contributed by atoms with E-state index >= 15 is 0 Å². The third-order valence-corrected chi connectivity index (χ3v) is 7.57. The van der Waals surface area contributed by atoms with Gasteiger partial charge in [-0.2, -0.15) is 13.2 Å². The molecule has 2 aliphatic heterocycles. The first-order valence-corrected chi connectivity index (χ1v) is 12.4. The zero-order chi connectivity index (χ0) is 21.2. The van der Waals surface area contributed by atoms with Crippen molar-refractivity contribution >= 4 is 15.5 Å². The van der Waals surface area contributed by atoms with Crippen molar-refractivity contribution in [2.24, 2.45) is 11.8 Å². The van der Waals surface area contributed by atoms with E-state index in [9.17, 15) is 21.6 Å². The van der Waals surface area contributed by atoms with Crippen molar-refractivity contribution in [2.75, 3.05) is 43.9 Å². The van der Waals surface area contributed by atoms with E-state index in [4.69, 9.17) is 0 Å². The van der Waals surface area contributed by atoms with Crippen LogP contribution in [0.4, 0.5) is 18.9 Å². The summed E-state index contributed by atoms with van der Waals surface area (Å²) in [5.41, 5.74) is -0.771. The van der Waals surface area contributed by atoms with Crippen molar-refractivity contribution in [3.63, 3.8) is 0 Å². The Balaban J connectivity index is 1.67. The molecule has 0 spiro atoms. The third-order valence-electron chi connectivity index (χ3n) is 6.46. The lowest BCUT2D eigenvalue weighted by molar-refractivity contribution is -0.137. The first-order chi connectivity index (χ1) is 13.6. The number of benzene rings is 1. The number of hydrogen-bond acceptors (Lipinski definition) is 4. The lowest BCUT2D eigenvalue weighted by atomic mass is 9.91. The summed E-state index contributed by atoms with van der Waals surface area (Å²) in [7, 11) is -3.56. The topological polar surface area (TPSA) is 40.6 Å². The first-order valence-electron chi connectivity index (χ1n) is 10.5. The van der Waals surface area contributed by atoms with Gasteiger partial charge in [0.1, 0.15) is 0 Å². The normalized spacial score (nSPS) is 20.9. The molecular weight excluding hydrogens is 401 g/mol. The van der Waals surface area contributed by atoms with Gasteiger partial charge < -0.3 is 9.80 Å². The second kappa shape index (κ2) is 8.84. The monoisotopic (exact) mass is 432 g/mol. The fourth-order valence-electron chi connectivity index (χ4n) is 4.54. The van der Waals surface area contributed by atoms with E-state index in [-0.39, 0.29) is 10.6 Å². The second-order valence-electron chi connectivity index (χ2n) is 8.53. The number of piperidine rings is 2. The number of rotatable bonds is 5.